The molecule has 16 heavy (non-hydrogen) atoms. The maximum Gasteiger partial charge on any atom is 0.407 e. The van der Waals surface area contributed by atoms with Crippen LogP contribution in [0.5, 0.6) is 0 Å². The zero-order chi connectivity index (χ0) is 12.6. The normalized spacial score (nSPS) is 13.3. The molecule has 1 atom stereocenters. The SMILES string of the molecule is CSCCC(CCO)NC(=O)OC(C)(C)C. The number of carbonyl (C=O) groups is 1. The molecule has 0 aliphatic heterocycles. The lowest BCUT2D eigenvalue weighted by molar-refractivity contribution is 0.0496. The van der Waals surface area contributed by atoms with E-state index in [-0.39, 0.29) is 12.6 Å². The fourth-order valence-electron chi connectivity index (χ4n) is 1.18. The average molecular weight is 249 g/mol. The van der Waals surface area contributed by atoms with Crippen molar-refractivity contribution in [3.8, 4) is 0 Å². The summed E-state index contributed by atoms with van der Waals surface area (Å²) in [4.78, 5) is 11.5. The van der Waals surface area contributed by atoms with Gasteiger partial charge in [-0.05, 0) is 45.6 Å². The molecule has 0 saturated heterocycles. The van der Waals surface area contributed by atoms with Crippen LogP contribution in [0.4, 0.5) is 4.79 Å². The van der Waals surface area contributed by atoms with Crippen LogP contribution in [0.25, 0.3) is 0 Å². The molecule has 1 unspecified atom stereocenters. The van der Waals surface area contributed by atoms with E-state index >= 15 is 0 Å². The third kappa shape index (κ3) is 8.85. The smallest absolute Gasteiger partial charge is 0.407 e. The molecule has 5 heteroatoms. The number of hydrogen-bond donors (Lipinski definition) is 2. The minimum Gasteiger partial charge on any atom is -0.444 e. The zero-order valence-corrected chi connectivity index (χ0v) is 11.4. The van der Waals surface area contributed by atoms with Crippen LogP contribution in [0, 0.1) is 0 Å². The first kappa shape index (κ1) is 15.6. The molecule has 0 aliphatic carbocycles. The van der Waals surface area contributed by atoms with Crippen molar-refractivity contribution in [3.63, 3.8) is 0 Å². The number of thioether (sulfide) groups is 1. The highest BCUT2D eigenvalue weighted by atomic mass is 32.2. The van der Waals surface area contributed by atoms with E-state index in [1.54, 1.807) is 11.8 Å². The van der Waals surface area contributed by atoms with Crippen molar-refractivity contribution in [2.45, 2.75) is 45.3 Å². The van der Waals surface area contributed by atoms with Gasteiger partial charge in [-0.15, -0.1) is 0 Å². The van der Waals surface area contributed by atoms with E-state index in [0.29, 0.717) is 6.42 Å². The van der Waals surface area contributed by atoms with E-state index in [1.807, 2.05) is 27.0 Å². The quantitative estimate of drug-likeness (QED) is 0.756. The van der Waals surface area contributed by atoms with E-state index in [2.05, 4.69) is 5.32 Å². The maximum absolute atomic E-state index is 11.5. The zero-order valence-electron chi connectivity index (χ0n) is 10.6. The number of rotatable bonds is 6. The third-order valence-electron chi connectivity index (χ3n) is 1.87. The topological polar surface area (TPSA) is 58.6 Å². The largest absolute Gasteiger partial charge is 0.444 e. The fraction of sp³-hybridized carbons (Fsp3) is 0.909. The highest BCUT2D eigenvalue weighted by Gasteiger charge is 2.18. The Balaban J connectivity index is 4.02. The first-order valence-corrected chi connectivity index (χ1v) is 6.87. The molecule has 0 aliphatic rings. The maximum atomic E-state index is 11.5. The van der Waals surface area contributed by atoms with Crippen LogP contribution in [0.2, 0.25) is 0 Å². The van der Waals surface area contributed by atoms with Gasteiger partial charge in [0, 0.05) is 12.6 Å². The van der Waals surface area contributed by atoms with Gasteiger partial charge in [-0.2, -0.15) is 11.8 Å². The molecular formula is C11H23NO3S. The summed E-state index contributed by atoms with van der Waals surface area (Å²) in [5.74, 6) is 0.959. The molecule has 0 aromatic carbocycles. The number of nitrogens with one attached hydrogen (secondary N) is 1. The Kier molecular flexibility index (Phi) is 7.58. The molecule has 2 N–H and O–H groups in total. The average Bonchev–Trinajstić information content (AvgIpc) is 2.11. The second-order valence-corrected chi connectivity index (χ2v) is 5.62. The summed E-state index contributed by atoms with van der Waals surface area (Å²) in [6.07, 6.45) is 3.02. The van der Waals surface area contributed by atoms with Crippen molar-refractivity contribution in [1.82, 2.24) is 5.32 Å². The molecule has 0 aromatic rings. The van der Waals surface area contributed by atoms with Gasteiger partial charge in [0.25, 0.3) is 0 Å². The third-order valence-corrected chi connectivity index (χ3v) is 2.51. The molecule has 0 fully saturated rings. The molecule has 0 bridgehead atoms. The Labute approximate surface area is 102 Å². The number of aliphatic hydroxyl groups is 1. The van der Waals surface area contributed by atoms with E-state index in [0.717, 1.165) is 12.2 Å². The highest BCUT2D eigenvalue weighted by molar-refractivity contribution is 7.98. The highest BCUT2D eigenvalue weighted by Crippen LogP contribution is 2.09. The van der Waals surface area contributed by atoms with Crippen molar-refractivity contribution in [2.75, 3.05) is 18.6 Å². The van der Waals surface area contributed by atoms with Crippen molar-refractivity contribution in [1.29, 1.82) is 0 Å². The van der Waals surface area contributed by atoms with Gasteiger partial charge in [0.1, 0.15) is 5.60 Å². The Morgan fingerprint density at radius 2 is 2.06 bits per heavy atom. The van der Waals surface area contributed by atoms with Gasteiger partial charge >= 0.3 is 6.09 Å². The van der Waals surface area contributed by atoms with Gasteiger partial charge in [-0.1, -0.05) is 0 Å². The molecule has 96 valence electrons. The Morgan fingerprint density at radius 1 is 1.44 bits per heavy atom. The molecule has 0 saturated carbocycles. The summed E-state index contributed by atoms with van der Waals surface area (Å²) >= 11 is 1.72. The van der Waals surface area contributed by atoms with Gasteiger partial charge < -0.3 is 15.2 Å². The standard InChI is InChI=1S/C11H23NO3S/c1-11(2,3)15-10(14)12-9(5-7-13)6-8-16-4/h9,13H,5-8H2,1-4H3,(H,12,14). The second-order valence-electron chi connectivity index (χ2n) is 4.64. The van der Waals surface area contributed by atoms with Crippen LogP contribution >= 0.6 is 11.8 Å². The van der Waals surface area contributed by atoms with Crippen molar-refractivity contribution < 1.29 is 14.6 Å². The van der Waals surface area contributed by atoms with Crippen LogP contribution in [-0.2, 0) is 4.74 Å². The molecular weight excluding hydrogens is 226 g/mol. The van der Waals surface area contributed by atoms with Gasteiger partial charge in [0.05, 0.1) is 0 Å². The Morgan fingerprint density at radius 3 is 2.50 bits per heavy atom. The fourth-order valence-corrected chi connectivity index (χ4v) is 1.70. The van der Waals surface area contributed by atoms with Crippen LogP contribution < -0.4 is 5.32 Å². The summed E-state index contributed by atoms with van der Waals surface area (Å²) in [6.45, 7) is 5.56. The summed E-state index contributed by atoms with van der Waals surface area (Å²) in [5.41, 5.74) is -0.479. The molecule has 0 heterocycles. The van der Waals surface area contributed by atoms with Gasteiger partial charge in [0.15, 0.2) is 0 Å². The number of alkyl carbamates (subject to hydrolysis) is 1. The van der Waals surface area contributed by atoms with Gasteiger partial charge in [-0.25, -0.2) is 4.79 Å². The van der Waals surface area contributed by atoms with E-state index in [1.165, 1.54) is 0 Å². The number of ether oxygens (including phenoxy) is 1. The molecule has 0 radical (unpaired) electrons. The summed E-state index contributed by atoms with van der Waals surface area (Å²) in [5, 5.41) is 11.7. The van der Waals surface area contributed by atoms with Crippen molar-refractivity contribution >= 4 is 17.9 Å². The summed E-state index contributed by atoms with van der Waals surface area (Å²) < 4.78 is 5.16. The number of amides is 1. The van der Waals surface area contributed by atoms with Crippen LogP contribution in [0.1, 0.15) is 33.6 Å². The van der Waals surface area contributed by atoms with E-state index < -0.39 is 11.7 Å². The van der Waals surface area contributed by atoms with Crippen LogP contribution in [0.15, 0.2) is 0 Å². The van der Waals surface area contributed by atoms with E-state index in [9.17, 15) is 4.79 Å². The lowest BCUT2D eigenvalue weighted by Gasteiger charge is -2.23. The molecule has 0 rings (SSSR count). The minimum absolute atomic E-state index is 0.00713. The van der Waals surface area contributed by atoms with Crippen molar-refractivity contribution in [3.05, 3.63) is 0 Å². The summed E-state index contributed by atoms with van der Waals surface area (Å²) in [7, 11) is 0. The molecule has 1 amide bonds. The predicted octanol–water partition coefficient (Wildman–Crippen LogP) is 2.02. The number of hydrogen-bond acceptors (Lipinski definition) is 4. The Hall–Kier alpha value is -0.420. The molecule has 0 aromatic heterocycles. The monoisotopic (exact) mass is 249 g/mol. The van der Waals surface area contributed by atoms with Gasteiger partial charge in [-0.3, -0.25) is 0 Å². The number of aliphatic hydroxyl groups excluding tert-OH is 1. The predicted molar refractivity (Wildman–Crippen MR) is 67.9 cm³/mol. The lowest BCUT2D eigenvalue weighted by atomic mass is 10.1. The molecule has 0 spiro atoms. The van der Waals surface area contributed by atoms with Crippen LogP contribution in [-0.4, -0.2) is 41.5 Å². The lowest BCUT2D eigenvalue weighted by Crippen LogP contribution is -2.39. The minimum atomic E-state index is -0.479. The first-order chi connectivity index (χ1) is 7.39. The molecule has 4 nitrogen and oxygen atoms in total. The number of carbonyl (C=O) groups excluding carboxylic acids is 1. The Bertz CT molecular complexity index is 204. The van der Waals surface area contributed by atoms with Gasteiger partial charge in [0.2, 0.25) is 0 Å². The van der Waals surface area contributed by atoms with Crippen LogP contribution in [0.3, 0.4) is 0 Å². The van der Waals surface area contributed by atoms with E-state index in [4.69, 9.17) is 9.84 Å². The summed E-state index contributed by atoms with van der Waals surface area (Å²) in [6, 6.07) is -0.00713. The van der Waals surface area contributed by atoms with Crippen molar-refractivity contribution in [2.24, 2.45) is 0 Å². The first-order valence-electron chi connectivity index (χ1n) is 5.48. The second kappa shape index (κ2) is 7.79.